The lowest BCUT2D eigenvalue weighted by Crippen LogP contribution is -2.27. The molecule has 1 fully saturated rings. The number of benzene rings is 2. The lowest BCUT2D eigenvalue weighted by Gasteiger charge is -2.26. The number of aromatic nitrogens is 1. The monoisotopic (exact) mass is 407 g/mol. The van der Waals surface area contributed by atoms with Gasteiger partial charge in [-0.3, -0.25) is 4.21 Å². The summed E-state index contributed by atoms with van der Waals surface area (Å²) in [5.74, 6) is 1.51. The van der Waals surface area contributed by atoms with Gasteiger partial charge in [-0.25, -0.2) is 4.98 Å². The maximum absolute atomic E-state index is 12.7. The molecule has 1 saturated heterocycles. The molecule has 5 rings (SSSR count). The molecular formula is C23H25N3O2S. The van der Waals surface area contributed by atoms with E-state index in [2.05, 4.69) is 47.1 Å². The molecule has 3 heterocycles. The van der Waals surface area contributed by atoms with Crippen molar-refractivity contribution in [1.82, 2.24) is 4.98 Å². The summed E-state index contributed by atoms with van der Waals surface area (Å²) in [6.07, 6.45) is 0.514. The third-order valence-electron chi connectivity index (χ3n) is 5.88. The minimum atomic E-state index is -0.982. The predicted molar refractivity (Wildman–Crippen MR) is 118 cm³/mol. The first-order valence-electron chi connectivity index (χ1n) is 10.1. The van der Waals surface area contributed by atoms with Gasteiger partial charge in [0.2, 0.25) is 0 Å². The number of hydrogen-bond acceptors (Lipinski definition) is 5. The maximum Gasteiger partial charge on any atom is 0.131 e. The molecule has 2 aliphatic rings. The van der Waals surface area contributed by atoms with Crippen molar-refractivity contribution in [3.05, 3.63) is 59.7 Å². The predicted octanol–water partition coefficient (Wildman–Crippen LogP) is 3.24. The highest BCUT2D eigenvalue weighted by Gasteiger charge is 2.25. The molecule has 6 heteroatoms. The van der Waals surface area contributed by atoms with Crippen LogP contribution in [0, 0.1) is 6.92 Å². The molecule has 150 valence electrons. The van der Waals surface area contributed by atoms with Crippen LogP contribution in [0.2, 0.25) is 0 Å². The molecule has 2 aromatic carbocycles. The minimum absolute atomic E-state index is 0.279. The van der Waals surface area contributed by atoms with E-state index < -0.39 is 10.8 Å². The lowest BCUT2D eigenvalue weighted by atomic mass is 10.1. The van der Waals surface area contributed by atoms with E-state index in [4.69, 9.17) is 4.98 Å². The second-order valence-electron chi connectivity index (χ2n) is 7.99. The van der Waals surface area contributed by atoms with E-state index in [0.717, 1.165) is 45.8 Å². The number of aryl methyl sites for hydroxylation is 1. The van der Waals surface area contributed by atoms with Gasteiger partial charge in [0.25, 0.3) is 0 Å². The molecule has 0 radical (unpaired) electrons. The van der Waals surface area contributed by atoms with Crippen molar-refractivity contribution in [3.8, 4) is 0 Å². The molecule has 0 spiro atoms. The Balaban J connectivity index is 1.60. The standard InChI is InChI=1S/C23H25N3O2S/c1-16-6-7-20-19(12-16)21(25-9-8-18(27)15-25)13-23(24-20)26-10-11-29(28)22-5-3-2-4-17(22)14-26/h2-7,12-13,18,27H,8-11,14-15H2,1H3. The fourth-order valence-corrected chi connectivity index (χ4v) is 5.59. The topological polar surface area (TPSA) is 56.7 Å². The first kappa shape index (κ1) is 18.6. The second kappa shape index (κ2) is 7.43. The van der Waals surface area contributed by atoms with E-state index in [-0.39, 0.29) is 6.10 Å². The molecule has 29 heavy (non-hydrogen) atoms. The Morgan fingerprint density at radius 3 is 2.79 bits per heavy atom. The molecule has 3 aromatic rings. The van der Waals surface area contributed by atoms with Crippen LogP contribution in [0.3, 0.4) is 0 Å². The van der Waals surface area contributed by atoms with E-state index in [1.54, 1.807) is 0 Å². The summed E-state index contributed by atoms with van der Waals surface area (Å²) < 4.78 is 12.7. The van der Waals surface area contributed by atoms with Crippen molar-refractivity contribution >= 4 is 33.2 Å². The third-order valence-corrected chi connectivity index (χ3v) is 7.32. The molecule has 0 amide bonds. The van der Waals surface area contributed by atoms with Gasteiger partial charge in [-0.15, -0.1) is 0 Å². The molecule has 1 aromatic heterocycles. The number of fused-ring (bicyclic) bond motifs is 2. The summed E-state index contributed by atoms with van der Waals surface area (Å²) in [6, 6.07) is 16.5. The van der Waals surface area contributed by atoms with Crippen LogP contribution in [0.15, 0.2) is 53.4 Å². The average molecular weight is 408 g/mol. The molecule has 2 aliphatic heterocycles. The third kappa shape index (κ3) is 3.51. The first-order valence-corrected chi connectivity index (χ1v) is 11.5. The molecule has 5 nitrogen and oxygen atoms in total. The molecule has 0 bridgehead atoms. The van der Waals surface area contributed by atoms with Crippen LogP contribution in [0.5, 0.6) is 0 Å². The summed E-state index contributed by atoms with van der Waals surface area (Å²) in [5, 5.41) is 11.2. The van der Waals surface area contributed by atoms with Crippen LogP contribution in [-0.4, -0.2) is 45.8 Å². The Kier molecular flexibility index (Phi) is 4.76. The Morgan fingerprint density at radius 2 is 1.97 bits per heavy atom. The summed E-state index contributed by atoms with van der Waals surface area (Å²) in [5.41, 5.74) is 4.39. The van der Waals surface area contributed by atoms with Gasteiger partial charge < -0.3 is 14.9 Å². The molecule has 0 saturated carbocycles. The SMILES string of the molecule is Cc1ccc2nc(N3CCS(=O)c4ccccc4C3)cc(N3CCC(O)C3)c2c1. The quantitative estimate of drug-likeness (QED) is 0.707. The summed E-state index contributed by atoms with van der Waals surface area (Å²) >= 11 is 0. The Hall–Kier alpha value is -2.44. The van der Waals surface area contributed by atoms with Gasteiger partial charge in [-0.05, 0) is 37.1 Å². The van der Waals surface area contributed by atoms with Crippen LogP contribution >= 0.6 is 0 Å². The zero-order chi connectivity index (χ0) is 20.0. The van der Waals surface area contributed by atoms with Gasteiger partial charge in [-0.1, -0.05) is 29.8 Å². The zero-order valence-corrected chi connectivity index (χ0v) is 17.4. The Bertz CT molecular complexity index is 1100. The van der Waals surface area contributed by atoms with Crippen LogP contribution in [0.25, 0.3) is 10.9 Å². The fourth-order valence-electron chi connectivity index (χ4n) is 4.33. The summed E-state index contributed by atoms with van der Waals surface area (Å²) in [6.45, 7) is 5.00. The number of pyridine rings is 1. The van der Waals surface area contributed by atoms with E-state index in [0.29, 0.717) is 25.4 Å². The van der Waals surface area contributed by atoms with Crippen LogP contribution in [0.1, 0.15) is 17.5 Å². The van der Waals surface area contributed by atoms with Gasteiger partial charge in [0.15, 0.2) is 0 Å². The molecule has 2 unspecified atom stereocenters. The highest BCUT2D eigenvalue weighted by atomic mass is 32.2. The van der Waals surface area contributed by atoms with E-state index in [1.807, 2.05) is 18.2 Å². The highest BCUT2D eigenvalue weighted by Crippen LogP contribution is 2.34. The molecule has 2 atom stereocenters. The second-order valence-corrected chi connectivity index (χ2v) is 9.53. The van der Waals surface area contributed by atoms with E-state index in [1.165, 1.54) is 5.56 Å². The van der Waals surface area contributed by atoms with Crippen molar-refractivity contribution in [2.24, 2.45) is 0 Å². The van der Waals surface area contributed by atoms with Crippen molar-refractivity contribution in [1.29, 1.82) is 0 Å². The van der Waals surface area contributed by atoms with Crippen LogP contribution in [0.4, 0.5) is 11.5 Å². The minimum Gasteiger partial charge on any atom is -0.391 e. The summed E-state index contributed by atoms with van der Waals surface area (Å²) in [4.78, 5) is 10.4. The molecule has 0 aliphatic carbocycles. The van der Waals surface area contributed by atoms with Gasteiger partial charge >= 0.3 is 0 Å². The van der Waals surface area contributed by atoms with Gasteiger partial charge in [0.05, 0.1) is 22.4 Å². The number of aliphatic hydroxyl groups is 1. The number of rotatable bonds is 2. The zero-order valence-electron chi connectivity index (χ0n) is 16.5. The van der Waals surface area contributed by atoms with Crippen molar-refractivity contribution < 1.29 is 9.32 Å². The molecular weight excluding hydrogens is 382 g/mol. The average Bonchev–Trinajstić information content (AvgIpc) is 3.08. The van der Waals surface area contributed by atoms with Crippen molar-refractivity contribution in [2.45, 2.75) is 30.9 Å². The first-order chi connectivity index (χ1) is 14.1. The van der Waals surface area contributed by atoms with E-state index >= 15 is 0 Å². The van der Waals surface area contributed by atoms with Crippen LogP contribution in [-0.2, 0) is 17.3 Å². The number of hydrogen-bond donors (Lipinski definition) is 1. The van der Waals surface area contributed by atoms with Gasteiger partial charge in [-0.2, -0.15) is 0 Å². The number of nitrogens with zero attached hydrogens (tertiary/aromatic N) is 3. The normalized spacial score (nSPS) is 22.0. The van der Waals surface area contributed by atoms with E-state index in [9.17, 15) is 9.32 Å². The molecule has 1 N–H and O–H groups in total. The Labute approximate surface area is 173 Å². The number of β-amino-alcohol motifs (C(OH)–C–C–N with tert-alkyl or cyclic N) is 1. The van der Waals surface area contributed by atoms with Crippen molar-refractivity contribution in [2.75, 3.05) is 35.2 Å². The van der Waals surface area contributed by atoms with Gasteiger partial charge in [0.1, 0.15) is 5.82 Å². The highest BCUT2D eigenvalue weighted by molar-refractivity contribution is 7.85. The summed E-state index contributed by atoms with van der Waals surface area (Å²) in [7, 11) is -0.982. The smallest absolute Gasteiger partial charge is 0.131 e. The number of anilines is 2. The Morgan fingerprint density at radius 1 is 1.10 bits per heavy atom. The number of aliphatic hydroxyl groups excluding tert-OH is 1. The maximum atomic E-state index is 12.7. The van der Waals surface area contributed by atoms with Crippen molar-refractivity contribution in [3.63, 3.8) is 0 Å². The largest absolute Gasteiger partial charge is 0.391 e. The lowest BCUT2D eigenvalue weighted by molar-refractivity contribution is 0.198. The van der Waals surface area contributed by atoms with Gasteiger partial charge in [0, 0.05) is 54.0 Å². The van der Waals surface area contributed by atoms with Crippen LogP contribution < -0.4 is 9.80 Å². The fraction of sp³-hybridized carbons (Fsp3) is 0.348.